The molecular weight excluding hydrogens is 372 g/mol. The van der Waals surface area contributed by atoms with Crippen molar-refractivity contribution < 1.29 is 14.6 Å². The number of ether oxygens (including phenoxy) is 2. The first-order chi connectivity index (χ1) is 14.3. The maximum absolute atomic E-state index is 10.2. The van der Waals surface area contributed by atoms with Crippen molar-refractivity contribution in [3.8, 4) is 0 Å². The summed E-state index contributed by atoms with van der Waals surface area (Å²) in [6, 6.07) is 0. The molecule has 2 saturated heterocycles. The van der Waals surface area contributed by atoms with E-state index in [1.807, 2.05) is 0 Å². The molecule has 0 radical (unpaired) electrons. The maximum Gasteiger partial charge on any atom is 0.171 e. The Morgan fingerprint density at radius 3 is 2.60 bits per heavy atom. The van der Waals surface area contributed by atoms with Gasteiger partial charge in [-0.05, 0) is 91.8 Å². The van der Waals surface area contributed by atoms with Gasteiger partial charge in [-0.3, -0.25) is 0 Å². The molecule has 3 heteroatoms. The minimum Gasteiger partial charge on any atom is -0.389 e. The van der Waals surface area contributed by atoms with Crippen molar-refractivity contribution in [2.24, 2.45) is 46.3 Å². The lowest BCUT2D eigenvalue weighted by Gasteiger charge is -2.59. The van der Waals surface area contributed by atoms with E-state index in [4.69, 9.17) is 9.47 Å². The molecule has 1 N–H and O–H groups in total. The summed E-state index contributed by atoms with van der Waals surface area (Å²) in [6.07, 6.45) is 13.4. The Bertz CT molecular complexity index is 736. The van der Waals surface area contributed by atoms with Crippen LogP contribution >= 0.6 is 0 Å². The summed E-state index contributed by atoms with van der Waals surface area (Å²) in [5.41, 5.74) is 2.32. The van der Waals surface area contributed by atoms with Crippen LogP contribution in [0.15, 0.2) is 11.6 Å². The lowest BCUT2D eigenvalue weighted by Crippen LogP contribution is -2.52. The second-order valence-corrected chi connectivity index (χ2v) is 12.6. The van der Waals surface area contributed by atoms with Gasteiger partial charge in [0.15, 0.2) is 5.79 Å². The minimum absolute atomic E-state index is 0.201. The highest BCUT2D eigenvalue weighted by atomic mass is 16.7. The van der Waals surface area contributed by atoms with Gasteiger partial charge in [0.1, 0.15) is 0 Å². The predicted octanol–water partition coefficient (Wildman–Crippen LogP) is 5.71. The van der Waals surface area contributed by atoms with Crippen LogP contribution in [0, 0.1) is 46.3 Å². The standard InChI is InChI=1S/C27H42O3/c1-16-7-12-27(29-15-16)17(2)24-23(30-27)14-22-20-6-5-18-13-19(28)8-10-25(18,3)21(20)9-11-26(22,24)4/h13,16-17,19-24,28H,5-12,14-15H2,1-4H3/t16-,17+,19+,20+,21+,22-,23+,24+,25+,26+,27-/m1/s1. The van der Waals surface area contributed by atoms with E-state index in [2.05, 4.69) is 33.8 Å². The molecule has 2 heterocycles. The fourth-order valence-corrected chi connectivity index (χ4v) is 9.73. The second kappa shape index (κ2) is 6.58. The SMILES string of the molecule is C[C@@H]1CC[C@@]2(OC1)O[C@H]1C[C@@H]3[C@H]4CCC5=C[C@@H](O)CC[C@]5(C)[C@H]4CC[C@]3(C)[C@H]1[C@@H]2C. The molecule has 11 atom stereocenters. The molecule has 3 nitrogen and oxygen atoms in total. The van der Waals surface area contributed by atoms with E-state index in [1.165, 1.54) is 44.9 Å². The molecule has 30 heavy (non-hydrogen) atoms. The Morgan fingerprint density at radius 2 is 1.83 bits per heavy atom. The van der Waals surface area contributed by atoms with Crippen LogP contribution in [0.1, 0.15) is 85.5 Å². The average molecular weight is 415 g/mol. The van der Waals surface area contributed by atoms with Gasteiger partial charge >= 0.3 is 0 Å². The van der Waals surface area contributed by atoms with E-state index in [9.17, 15) is 5.11 Å². The molecule has 0 aromatic heterocycles. The van der Waals surface area contributed by atoms with E-state index in [0.29, 0.717) is 34.7 Å². The van der Waals surface area contributed by atoms with Gasteiger partial charge in [-0.15, -0.1) is 0 Å². The van der Waals surface area contributed by atoms with E-state index in [0.717, 1.165) is 37.2 Å². The Kier molecular flexibility index (Phi) is 4.44. The van der Waals surface area contributed by atoms with Gasteiger partial charge < -0.3 is 14.6 Å². The first kappa shape index (κ1) is 20.2. The van der Waals surface area contributed by atoms with Crippen LogP contribution in [0.4, 0.5) is 0 Å². The normalized spacial score (nSPS) is 59.8. The summed E-state index contributed by atoms with van der Waals surface area (Å²) >= 11 is 0. The van der Waals surface area contributed by atoms with Crippen LogP contribution < -0.4 is 0 Å². The molecule has 0 amide bonds. The Morgan fingerprint density at radius 1 is 1.00 bits per heavy atom. The van der Waals surface area contributed by atoms with E-state index < -0.39 is 0 Å². The van der Waals surface area contributed by atoms with E-state index >= 15 is 0 Å². The fraction of sp³-hybridized carbons (Fsp3) is 0.926. The lowest BCUT2D eigenvalue weighted by molar-refractivity contribution is -0.272. The molecule has 1 spiro atoms. The second-order valence-electron chi connectivity index (χ2n) is 12.6. The summed E-state index contributed by atoms with van der Waals surface area (Å²) in [5, 5.41) is 10.2. The number of hydrogen-bond donors (Lipinski definition) is 1. The smallest absolute Gasteiger partial charge is 0.171 e. The van der Waals surface area contributed by atoms with Gasteiger partial charge in [0.2, 0.25) is 0 Å². The van der Waals surface area contributed by atoms with Crippen LogP contribution in [0.5, 0.6) is 0 Å². The van der Waals surface area contributed by atoms with Crippen LogP contribution in [0.2, 0.25) is 0 Å². The summed E-state index contributed by atoms with van der Waals surface area (Å²) in [7, 11) is 0. The van der Waals surface area contributed by atoms with Crippen LogP contribution in [0.25, 0.3) is 0 Å². The van der Waals surface area contributed by atoms with Gasteiger partial charge in [-0.1, -0.05) is 39.3 Å². The fourth-order valence-electron chi connectivity index (χ4n) is 9.73. The third-order valence-electron chi connectivity index (χ3n) is 11.4. The third kappa shape index (κ3) is 2.55. The first-order valence-corrected chi connectivity index (χ1v) is 13.0. The third-order valence-corrected chi connectivity index (χ3v) is 11.4. The van der Waals surface area contributed by atoms with Gasteiger partial charge in [-0.2, -0.15) is 0 Å². The number of fused-ring (bicyclic) bond motifs is 7. The lowest BCUT2D eigenvalue weighted by atomic mass is 9.46. The average Bonchev–Trinajstić information content (AvgIpc) is 3.16. The van der Waals surface area contributed by atoms with Crippen molar-refractivity contribution in [1.82, 2.24) is 0 Å². The molecule has 0 unspecified atom stereocenters. The molecule has 2 aliphatic heterocycles. The molecule has 0 aromatic carbocycles. The highest BCUT2D eigenvalue weighted by Gasteiger charge is 2.68. The van der Waals surface area contributed by atoms with Gasteiger partial charge in [-0.25, -0.2) is 0 Å². The van der Waals surface area contributed by atoms with Crippen molar-refractivity contribution in [3.05, 3.63) is 11.6 Å². The van der Waals surface area contributed by atoms with Crippen LogP contribution in [0.3, 0.4) is 0 Å². The molecule has 0 bridgehead atoms. The molecule has 4 aliphatic carbocycles. The zero-order chi connectivity index (χ0) is 20.9. The largest absolute Gasteiger partial charge is 0.389 e. The van der Waals surface area contributed by atoms with Crippen molar-refractivity contribution >= 4 is 0 Å². The number of rotatable bonds is 0. The summed E-state index contributed by atoms with van der Waals surface area (Å²) in [5.74, 6) is 4.00. The Balaban J connectivity index is 1.28. The number of hydrogen-bond acceptors (Lipinski definition) is 3. The number of aliphatic hydroxyl groups excluding tert-OH is 1. The van der Waals surface area contributed by atoms with Crippen molar-refractivity contribution in [3.63, 3.8) is 0 Å². The topological polar surface area (TPSA) is 38.7 Å². The maximum atomic E-state index is 10.2. The zero-order valence-electron chi connectivity index (χ0n) is 19.5. The molecule has 0 aromatic rings. The molecule has 5 fully saturated rings. The highest BCUT2D eigenvalue weighted by molar-refractivity contribution is 5.26. The van der Waals surface area contributed by atoms with Crippen molar-refractivity contribution in [2.75, 3.05) is 6.61 Å². The highest BCUT2D eigenvalue weighted by Crippen LogP contribution is 2.70. The van der Waals surface area contributed by atoms with E-state index in [-0.39, 0.29) is 11.9 Å². The van der Waals surface area contributed by atoms with Crippen molar-refractivity contribution in [2.45, 2.75) is 103 Å². The monoisotopic (exact) mass is 414 g/mol. The number of aliphatic hydroxyl groups is 1. The Hall–Kier alpha value is -0.380. The predicted molar refractivity (Wildman–Crippen MR) is 118 cm³/mol. The van der Waals surface area contributed by atoms with Gasteiger partial charge in [0, 0.05) is 12.3 Å². The summed E-state index contributed by atoms with van der Waals surface area (Å²) in [6.45, 7) is 10.8. The molecule has 3 saturated carbocycles. The minimum atomic E-state index is -0.291. The van der Waals surface area contributed by atoms with Crippen LogP contribution in [-0.4, -0.2) is 29.7 Å². The summed E-state index contributed by atoms with van der Waals surface area (Å²) < 4.78 is 13.4. The van der Waals surface area contributed by atoms with Gasteiger partial charge in [0.05, 0.1) is 18.8 Å². The van der Waals surface area contributed by atoms with Crippen molar-refractivity contribution in [1.29, 1.82) is 0 Å². The Labute approximate surface area is 183 Å². The van der Waals surface area contributed by atoms with Crippen LogP contribution in [-0.2, 0) is 9.47 Å². The summed E-state index contributed by atoms with van der Waals surface area (Å²) in [4.78, 5) is 0. The first-order valence-electron chi connectivity index (χ1n) is 13.0. The van der Waals surface area contributed by atoms with Gasteiger partial charge in [0.25, 0.3) is 0 Å². The quantitative estimate of drug-likeness (QED) is 0.516. The van der Waals surface area contributed by atoms with E-state index in [1.54, 1.807) is 5.57 Å². The number of allylic oxidation sites excluding steroid dienone is 1. The molecule has 6 aliphatic rings. The molecule has 168 valence electrons. The molecule has 6 rings (SSSR count). The zero-order valence-corrected chi connectivity index (χ0v) is 19.5. The molecular formula is C27H42O3.